The smallest absolute Gasteiger partial charge is 0.409 e. The highest BCUT2D eigenvalue weighted by atomic mass is 16.6. The Hall–Kier alpha value is -6.28. The zero-order chi connectivity index (χ0) is 73.1. The second-order valence-corrected chi connectivity index (χ2v) is 32.8. The Labute approximate surface area is 601 Å². The summed E-state index contributed by atoms with van der Waals surface area (Å²) in [5.74, 6) is 5.13. The van der Waals surface area contributed by atoms with Crippen LogP contribution in [0.15, 0.2) is 0 Å². The summed E-state index contributed by atoms with van der Waals surface area (Å²) >= 11 is 0. The molecule has 0 aromatic heterocycles. The zero-order valence-electron chi connectivity index (χ0n) is 63.4. The molecule has 6 aliphatic heterocycles. The van der Waals surface area contributed by atoms with E-state index in [9.17, 15) is 39.8 Å². The molecule has 10 rings (SSSR count). The van der Waals surface area contributed by atoms with Crippen molar-refractivity contribution in [3.8, 4) is 30.3 Å². The third kappa shape index (κ3) is 25.9. The summed E-state index contributed by atoms with van der Waals surface area (Å²) < 4.78 is 32.4. The summed E-state index contributed by atoms with van der Waals surface area (Å²) in [6.07, 6.45) is 17.1. The minimum absolute atomic E-state index is 0.0531. The van der Waals surface area contributed by atoms with Crippen molar-refractivity contribution in [1.82, 2.24) is 29.4 Å². The van der Waals surface area contributed by atoms with Gasteiger partial charge in [-0.3, -0.25) is 4.90 Å². The molecule has 4 aliphatic carbocycles. The monoisotopic (exact) mass is 1390 g/mol. The molecule has 22 heteroatoms. The fourth-order valence-corrected chi connectivity index (χ4v) is 15.2. The van der Waals surface area contributed by atoms with Gasteiger partial charge in [0.05, 0.1) is 99.6 Å². The molecular weight excluding hydrogens is 1270 g/mol. The van der Waals surface area contributed by atoms with E-state index in [1.165, 1.54) is 51.4 Å². The van der Waals surface area contributed by atoms with Crippen molar-refractivity contribution < 1.29 is 52.4 Å². The Morgan fingerprint density at radius 2 is 0.760 bits per heavy atom. The Kier molecular flexibility index (Phi) is 34.0. The quantitative estimate of drug-likeness (QED) is 0.115. The van der Waals surface area contributed by atoms with Gasteiger partial charge >= 0.3 is 30.5 Å². The first-order chi connectivity index (χ1) is 47.8. The number of amides is 5. The van der Waals surface area contributed by atoms with E-state index in [0.717, 1.165) is 96.6 Å². The number of piperidine rings is 5. The van der Waals surface area contributed by atoms with E-state index >= 15 is 0 Å². The second-order valence-electron chi connectivity index (χ2n) is 32.8. The molecule has 0 radical (unpaired) electrons. The van der Waals surface area contributed by atoms with E-state index in [4.69, 9.17) is 38.9 Å². The van der Waals surface area contributed by atoms with Crippen LogP contribution < -0.4 is 0 Å². The summed E-state index contributed by atoms with van der Waals surface area (Å²) in [7, 11) is 0. The number of ether oxygens (including phenoxy) is 6. The lowest BCUT2D eigenvalue weighted by atomic mass is 9.71. The van der Waals surface area contributed by atoms with E-state index < -0.39 is 0 Å². The summed E-state index contributed by atoms with van der Waals surface area (Å²) in [6, 6.07) is 11.9. The molecular formula is C78H127N11O11. The van der Waals surface area contributed by atoms with Gasteiger partial charge in [-0.25, -0.2) is 24.0 Å². The molecule has 10 unspecified atom stereocenters. The second kappa shape index (κ2) is 41.1. The minimum atomic E-state index is -0.240. The van der Waals surface area contributed by atoms with Gasteiger partial charge in [0.25, 0.3) is 0 Å². The van der Waals surface area contributed by atoms with Crippen LogP contribution in [-0.4, -0.2) is 191 Å². The SMILES string of the molecule is CC(C)C1CN(C(=O)OCC2(C)CCC2)CCC1C#N.CC(C)C1CN(C(=O)OCC2CCC2)CCC1C#N.CC(C)C1CN(C(=O)OCCC2CC2)CCC1C#N.CC(C)C1CN(C(=O)OCCN2CCOCC2)CCC1C#N.CCC1(COC(=O)N2CCC(C#N)C(C(C)C)C2)CC1. The Bertz CT molecular complexity index is 2700. The van der Waals surface area contributed by atoms with Crippen molar-refractivity contribution >= 4 is 30.5 Å². The third-order valence-corrected chi connectivity index (χ3v) is 23.9. The number of likely N-dealkylation sites (tertiary alicyclic amines) is 5. The highest BCUT2D eigenvalue weighted by Gasteiger charge is 2.44. The number of carbonyl (C=O) groups is 5. The van der Waals surface area contributed by atoms with Crippen LogP contribution in [0, 0.1) is 168 Å². The largest absolute Gasteiger partial charge is 0.449 e. The average Bonchev–Trinajstić information content (AvgIpc) is 1.45. The van der Waals surface area contributed by atoms with Crippen molar-refractivity contribution in [2.24, 2.45) is 111 Å². The molecule has 10 fully saturated rings. The maximum atomic E-state index is 12.2. The lowest BCUT2D eigenvalue weighted by Gasteiger charge is -2.40. The van der Waals surface area contributed by atoms with Crippen molar-refractivity contribution in [3.05, 3.63) is 0 Å². The summed E-state index contributed by atoms with van der Waals surface area (Å²) in [6.45, 7) is 38.8. The summed E-state index contributed by atoms with van der Waals surface area (Å²) in [5.41, 5.74) is 0.482. The lowest BCUT2D eigenvalue weighted by Crippen LogP contribution is -2.46. The summed E-state index contributed by atoms with van der Waals surface area (Å²) in [4.78, 5) is 71.7. The van der Waals surface area contributed by atoms with Gasteiger partial charge in [0.1, 0.15) is 6.61 Å². The van der Waals surface area contributed by atoms with Gasteiger partial charge in [-0.15, -0.1) is 0 Å². The van der Waals surface area contributed by atoms with Crippen LogP contribution >= 0.6 is 0 Å². The number of morpholine rings is 1. The normalized spacial score (nSPS) is 27.7. The summed E-state index contributed by atoms with van der Waals surface area (Å²) in [5, 5.41) is 45.9. The molecule has 0 N–H and O–H groups in total. The van der Waals surface area contributed by atoms with Crippen LogP contribution in [0.25, 0.3) is 0 Å². The van der Waals surface area contributed by atoms with Gasteiger partial charge in [-0.1, -0.05) is 109 Å². The number of nitriles is 5. The van der Waals surface area contributed by atoms with Gasteiger partial charge in [0.15, 0.2) is 0 Å². The van der Waals surface area contributed by atoms with E-state index in [0.29, 0.717) is 134 Å². The van der Waals surface area contributed by atoms with Crippen LogP contribution in [0.1, 0.15) is 192 Å². The molecule has 10 atom stereocenters. The van der Waals surface area contributed by atoms with E-state index in [-0.39, 0.29) is 100 Å². The molecule has 0 spiro atoms. The third-order valence-electron chi connectivity index (χ3n) is 23.9. The number of rotatable bonds is 18. The van der Waals surface area contributed by atoms with E-state index in [1.54, 1.807) is 24.5 Å². The number of hydrogen-bond acceptors (Lipinski definition) is 17. The first-order valence-corrected chi connectivity index (χ1v) is 38.7. The van der Waals surface area contributed by atoms with Gasteiger partial charge < -0.3 is 52.9 Å². The van der Waals surface area contributed by atoms with E-state index in [1.807, 2.05) is 0 Å². The van der Waals surface area contributed by atoms with Crippen molar-refractivity contribution in [2.75, 3.05) is 131 Å². The molecule has 10 aliphatic rings. The molecule has 560 valence electrons. The van der Waals surface area contributed by atoms with Crippen molar-refractivity contribution in [1.29, 1.82) is 26.3 Å². The van der Waals surface area contributed by atoms with Crippen molar-refractivity contribution in [3.63, 3.8) is 0 Å². The average molecular weight is 1390 g/mol. The number of hydrogen-bond donors (Lipinski definition) is 0. The molecule has 0 bridgehead atoms. The highest BCUT2D eigenvalue weighted by Crippen LogP contribution is 2.49. The van der Waals surface area contributed by atoms with Crippen LogP contribution in [0.2, 0.25) is 0 Å². The maximum Gasteiger partial charge on any atom is 0.409 e. The zero-order valence-corrected chi connectivity index (χ0v) is 63.4. The Morgan fingerprint density at radius 1 is 0.420 bits per heavy atom. The Morgan fingerprint density at radius 3 is 1.05 bits per heavy atom. The molecule has 22 nitrogen and oxygen atoms in total. The standard InChI is InChI=1S/C16H27N3O3.2C16H26N2O2.2C15H24N2O2/c1-13(2)15-12-19(4-3-14(15)11-17)16(20)22-10-7-18-5-8-21-9-6-18;1-12(2)14-10-18(8-5-13(14)9-17)15(19)20-11-16(3)6-4-7-16;1-4-16(6-7-16)11-20-15(19)18-8-5-13(9-17)14(10-18)12(2)3;1-11(2)14-10-17(7-5-13(14)9-16)15(18)19-8-6-12-3-4-12;1-11(2)14-9-17(7-6-13(14)8-16)15(18)19-10-12-4-3-5-12/h13-15H,3-10,12H2,1-2H3;2*12-14H,4-8,10-11H2,1-3H3;11-14H,3-8,10H2,1-2H3;11-14H,3-7,9-10H2,1-2H3. The van der Waals surface area contributed by atoms with E-state index in [2.05, 4.69) is 118 Å². The van der Waals surface area contributed by atoms with Crippen LogP contribution in [0.3, 0.4) is 0 Å². The predicted octanol–water partition coefficient (Wildman–Crippen LogP) is 14.5. The first kappa shape index (κ1) is 82.7. The maximum absolute atomic E-state index is 12.2. The van der Waals surface area contributed by atoms with Crippen LogP contribution in [0.4, 0.5) is 24.0 Å². The predicted molar refractivity (Wildman–Crippen MR) is 381 cm³/mol. The topological polar surface area (TPSA) is 279 Å². The fourth-order valence-electron chi connectivity index (χ4n) is 15.2. The van der Waals surface area contributed by atoms with Crippen molar-refractivity contribution in [2.45, 2.75) is 192 Å². The van der Waals surface area contributed by atoms with Crippen LogP contribution in [-0.2, 0) is 28.4 Å². The van der Waals surface area contributed by atoms with Gasteiger partial charge in [-0.2, -0.15) is 26.3 Å². The molecule has 6 heterocycles. The Balaban J connectivity index is 0.000000197. The molecule has 0 aromatic rings. The number of nitrogens with zero attached hydrogens (tertiary/aromatic N) is 11. The minimum Gasteiger partial charge on any atom is -0.449 e. The first-order valence-electron chi connectivity index (χ1n) is 38.7. The molecule has 4 saturated carbocycles. The van der Waals surface area contributed by atoms with Gasteiger partial charge in [0.2, 0.25) is 0 Å². The van der Waals surface area contributed by atoms with Gasteiger partial charge in [0, 0.05) is 95.9 Å². The molecule has 6 saturated heterocycles. The highest BCUT2D eigenvalue weighted by molar-refractivity contribution is 5.69. The van der Waals surface area contributed by atoms with Gasteiger partial charge in [-0.05, 0) is 154 Å². The number of carbonyl (C=O) groups excluding carboxylic acids is 5. The molecule has 5 amide bonds. The lowest BCUT2D eigenvalue weighted by molar-refractivity contribution is 0.0130. The van der Waals surface area contributed by atoms with Crippen LogP contribution in [0.5, 0.6) is 0 Å². The molecule has 0 aromatic carbocycles. The molecule has 100 heavy (non-hydrogen) atoms. The fraction of sp³-hybridized carbons (Fsp3) is 0.872.